The predicted molar refractivity (Wildman–Crippen MR) is 99.7 cm³/mol. The number of β-amino-alcohol motifs (C(OH)–C–C–N with tert-alkyl or cyclic N) is 1. The molecule has 2 heterocycles. The van der Waals surface area contributed by atoms with Crippen LogP contribution in [-0.4, -0.2) is 49.1 Å². The first-order chi connectivity index (χ1) is 13.5. The van der Waals surface area contributed by atoms with E-state index in [-0.39, 0.29) is 16.3 Å². The summed E-state index contributed by atoms with van der Waals surface area (Å²) in [6.07, 6.45) is 1.39. The quantitative estimate of drug-likeness (QED) is 0.744. The van der Waals surface area contributed by atoms with Crippen molar-refractivity contribution in [2.24, 2.45) is 0 Å². The average molecular weight is 450 g/mol. The molecule has 1 amide bonds. The number of carbonyl (C=O) groups excluding carboxylic acids is 1. The summed E-state index contributed by atoms with van der Waals surface area (Å²) in [6.45, 7) is 0.956. The van der Waals surface area contributed by atoms with Gasteiger partial charge in [-0.05, 0) is 36.8 Å². The number of aromatic nitrogens is 1. The number of nitrogens with zero attached hydrogens (tertiary/aromatic N) is 2. The third kappa shape index (κ3) is 4.46. The fourth-order valence-corrected chi connectivity index (χ4v) is 3.82. The number of halogens is 4. The molecule has 7 nitrogen and oxygen atoms in total. The van der Waals surface area contributed by atoms with Crippen LogP contribution in [0.5, 0.6) is 0 Å². The minimum Gasteiger partial charge on any atom is -0.391 e. The maximum atomic E-state index is 12.6. The monoisotopic (exact) mass is 449 g/mol. The van der Waals surface area contributed by atoms with Crippen LogP contribution in [0.4, 0.5) is 24.7 Å². The second-order valence-electron chi connectivity index (χ2n) is 6.35. The minimum absolute atomic E-state index is 0.0963. The van der Waals surface area contributed by atoms with Crippen LogP contribution in [0.2, 0.25) is 5.02 Å². The summed E-state index contributed by atoms with van der Waals surface area (Å²) in [6, 6.07) is 4.99. The zero-order valence-corrected chi connectivity index (χ0v) is 16.2. The van der Waals surface area contributed by atoms with Gasteiger partial charge >= 0.3 is 5.51 Å². The summed E-state index contributed by atoms with van der Waals surface area (Å²) in [5, 5.41) is 12.2. The molecule has 0 radical (unpaired) electrons. The molecule has 2 N–H and O–H groups in total. The smallest absolute Gasteiger partial charge is 0.391 e. The lowest BCUT2D eigenvalue weighted by Crippen LogP contribution is -2.23. The summed E-state index contributed by atoms with van der Waals surface area (Å²) in [5.41, 5.74) is -5.21. The summed E-state index contributed by atoms with van der Waals surface area (Å²) >= 11 is 6.18. The molecule has 1 aliphatic rings. The van der Waals surface area contributed by atoms with Crippen molar-refractivity contribution in [2.75, 3.05) is 23.3 Å². The van der Waals surface area contributed by atoms with Gasteiger partial charge in [0.2, 0.25) is 0 Å². The van der Waals surface area contributed by atoms with E-state index in [1.807, 2.05) is 0 Å². The standard InChI is InChI=1S/C17H15ClF3N3O4S/c18-14-7-10(8-22-15(14)24-6-5-12(25)9-24)16(26)23-11-1-3-13(4-2-11)29(27,28)17(19,20)21/h1-4,7-8,12,25H,5-6,9H2,(H,23,26)/t12-/m1/s1. The highest BCUT2D eigenvalue weighted by Crippen LogP contribution is 2.31. The van der Waals surface area contributed by atoms with E-state index in [0.717, 1.165) is 24.3 Å². The van der Waals surface area contributed by atoms with E-state index in [9.17, 15) is 31.5 Å². The van der Waals surface area contributed by atoms with E-state index in [1.165, 1.54) is 12.3 Å². The number of aliphatic hydroxyl groups excluding tert-OH is 1. The second kappa shape index (κ2) is 7.81. The first-order valence-corrected chi connectivity index (χ1v) is 10.2. The molecule has 0 spiro atoms. The lowest BCUT2D eigenvalue weighted by molar-refractivity contribution is -0.0436. The molecule has 29 heavy (non-hydrogen) atoms. The molecule has 1 aromatic heterocycles. The van der Waals surface area contributed by atoms with Crippen molar-refractivity contribution in [1.82, 2.24) is 4.98 Å². The molecule has 1 aromatic carbocycles. The first-order valence-electron chi connectivity index (χ1n) is 8.30. The molecular formula is C17H15ClF3N3O4S. The number of amides is 1. The molecule has 2 aromatic rings. The van der Waals surface area contributed by atoms with Crippen molar-refractivity contribution >= 4 is 38.9 Å². The number of hydrogen-bond donors (Lipinski definition) is 2. The molecule has 12 heteroatoms. The SMILES string of the molecule is O=C(Nc1ccc(S(=O)(=O)C(F)(F)F)cc1)c1cnc(N2CC[C@@H](O)C2)c(Cl)c1. The third-order valence-corrected chi connectivity index (χ3v) is 6.05. The highest BCUT2D eigenvalue weighted by atomic mass is 35.5. The van der Waals surface area contributed by atoms with E-state index in [1.54, 1.807) is 4.90 Å². The first kappa shape index (κ1) is 21.3. The van der Waals surface area contributed by atoms with Crippen LogP contribution in [0.3, 0.4) is 0 Å². The zero-order chi connectivity index (χ0) is 21.4. The van der Waals surface area contributed by atoms with Crippen molar-refractivity contribution in [1.29, 1.82) is 0 Å². The molecule has 0 bridgehead atoms. The second-order valence-corrected chi connectivity index (χ2v) is 8.69. The van der Waals surface area contributed by atoms with E-state index in [0.29, 0.717) is 25.3 Å². The Morgan fingerprint density at radius 1 is 1.28 bits per heavy atom. The number of sulfone groups is 1. The van der Waals surface area contributed by atoms with Crippen LogP contribution < -0.4 is 10.2 Å². The number of hydrogen-bond acceptors (Lipinski definition) is 6. The van der Waals surface area contributed by atoms with E-state index in [2.05, 4.69) is 10.3 Å². The molecule has 156 valence electrons. The summed E-state index contributed by atoms with van der Waals surface area (Å²) in [7, 11) is -5.46. The Bertz CT molecular complexity index is 1030. The zero-order valence-electron chi connectivity index (χ0n) is 14.6. The molecule has 1 fully saturated rings. The lowest BCUT2D eigenvalue weighted by atomic mass is 10.2. The summed E-state index contributed by atoms with van der Waals surface area (Å²) in [5.74, 6) is -0.194. The van der Waals surface area contributed by atoms with Gasteiger partial charge < -0.3 is 15.3 Å². The van der Waals surface area contributed by atoms with Gasteiger partial charge in [-0.1, -0.05) is 11.6 Å². The minimum atomic E-state index is -5.46. The van der Waals surface area contributed by atoms with Crippen LogP contribution in [0.25, 0.3) is 0 Å². The molecule has 0 saturated carbocycles. The van der Waals surface area contributed by atoms with Crippen LogP contribution in [0, 0.1) is 0 Å². The molecular weight excluding hydrogens is 435 g/mol. The number of rotatable bonds is 4. The number of carbonyl (C=O) groups is 1. The largest absolute Gasteiger partial charge is 0.501 e. The maximum absolute atomic E-state index is 12.6. The van der Waals surface area contributed by atoms with Gasteiger partial charge in [0.1, 0.15) is 5.82 Å². The number of aliphatic hydroxyl groups is 1. The highest BCUT2D eigenvalue weighted by molar-refractivity contribution is 7.92. The van der Waals surface area contributed by atoms with Crippen LogP contribution >= 0.6 is 11.6 Å². The van der Waals surface area contributed by atoms with Gasteiger partial charge in [-0.3, -0.25) is 4.79 Å². The van der Waals surface area contributed by atoms with Crippen LogP contribution in [-0.2, 0) is 9.84 Å². The number of benzene rings is 1. The Morgan fingerprint density at radius 3 is 2.45 bits per heavy atom. The van der Waals surface area contributed by atoms with Gasteiger partial charge in [-0.15, -0.1) is 0 Å². The van der Waals surface area contributed by atoms with Gasteiger partial charge in [0.05, 0.1) is 21.6 Å². The molecule has 3 rings (SSSR count). The normalized spacial score (nSPS) is 17.4. The highest BCUT2D eigenvalue weighted by Gasteiger charge is 2.46. The number of anilines is 2. The predicted octanol–water partition coefficient (Wildman–Crippen LogP) is 2.85. The average Bonchev–Trinajstić information content (AvgIpc) is 3.07. The van der Waals surface area contributed by atoms with Gasteiger partial charge in [0, 0.05) is 25.0 Å². The van der Waals surface area contributed by atoms with E-state index < -0.39 is 32.3 Å². The topological polar surface area (TPSA) is 99.6 Å². The van der Waals surface area contributed by atoms with Crippen molar-refractivity contribution in [2.45, 2.75) is 22.9 Å². The Morgan fingerprint density at radius 2 is 1.93 bits per heavy atom. The number of alkyl halides is 3. The fourth-order valence-electron chi connectivity index (χ4n) is 2.78. The number of nitrogens with one attached hydrogen (secondary N) is 1. The summed E-state index contributed by atoms with van der Waals surface area (Å²) < 4.78 is 60.4. The van der Waals surface area contributed by atoms with Crippen molar-refractivity contribution in [3.8, 4) is 0 Å². The van der Waals surface area contributed by atoms with Gasteiger partial charge in [-0.25, -0.2) is 13.4 Å². The Hall–Kier alpha value is -2.37. The Balaban J connectivity index is 1.73. The lowest BCUT2D eigenvalue weighted by Gasteiger charge is -2.18. The van der Waals surface area contributed by atoms with Crippen LogP contribution in [0.1, 0.15) is 16.8 Å². The van der Waals surface area contributed by atoms with Gasteiger partial charge in [0.25, 0.3) is 15.7 Å². The van der Waals surface area contributed by atoms with Gasteiger partial charge in [-0.2, -0.15) is 13.2 Å². The molecule has 1 atom stereocenters. The van der Waals surface area contributed by atoms with E-state index >= 15 is 0 Å². The van der Waals surface area contributed by atoms with E-state index in [4.69, 9.17) is 11.6 Å². The fraction of sp³-hybridized carbons (Fsp3) is 0.294. The molecule has 1 aliphatic heterocycles. The van der Waals surface area contributed by atoms with Crippen LogP contribution in [0.15, 0.2) is 41.4 Å². The summed E-state index contributed by atoms with van der Waals surface area (Å²) in [4.78, 5) is 17.3. The van der Waals surface area contributed by atoms with Crippen molar-refractivity contribution in [3.05, 3.63) is 47.1 Å². The molecule has 0 unspecified atom stereocenters. The molecule has 0 aliphatic carbocycles. The molecule has 1 saturated heterocycles. The van der Waals surface area contributed by atoms with Crippen molar-refractivity contribution < 1.29 is 31.5 Å². The number of pyridine rings is 1. The Labute approximate surface area is 169 Å². The third-order valence-electron chi connectivity index (χ3n) is 4.27. The Kier molecular flexibility index (Phi) is 5.74. The van der Waals surface area contributed by atoms with Crippen molar-refractivity contribution in [3.63, 3.8) is 0 Å². The van der Waals surface area contributed by atoms with Gasteiger partial charge in [0.15, 0.2) is 0 Å². The maximum Gasteiger partial charge on any atom is 0.501 e.